The van der Waals surface area contributed by atoms with Gasteiger partial charge in [-0.2, -0.15) is 0 Å². The lowest BCUT2D eigenvalue weighted by atomic mass is 9.67. The highest BCUT2D eigenvalue weighted by Crippen LogP contribution is 2.49. The van der Waals surface area contributed by atoms with Crippen molar-refractivity contribution in [1.82, 2.24) is 5.32 Å². The van der Waals surface area contributed by atoms with Crippen LogP contribution in [-0.4, -0.2) is 48.0 Å². The largest absolute Gasteiger partial charge is 0.465 e. The van der Waals surface area contributed by atoms with Crippen LogP contribution in [0.1, 0.15) is 33.3 Å². The Labute approximate surface area is 197 Å². The molecule has 4 rings (SSSR count). The maximum absolute atomic E-state index is 13.9. The number of piperidine rings is 1. The number of carbonyl (C=O) groups excluding carboxylic acids is 3. The van der Waals surface area contributed by atoms with E-state index in [1.165, 1.54) is 0 Å². The molecule has 6 nitrogen and oxygen atoms in total. The van der Waals surface area contributed by atoms with Gasteiger partial charge in [0, 0.05) is 23.1 Å². The van der Waals surface area contributed by atoms with Gasteiger partial charge in [0.1, 0.15) is 11.6 Å². The third-order valence-electron chi connectivity index (χ3n) is 6.30. The van der Waals surface area contributed by atoms with Crippen LogP contribution in [0.4, 0.5) is 5.69 Å². The van der Waals surface area contributed by atoms with Crippen LogP contribution in [0.15, 0.2) is 34.1 Å². The molecule has 3 saturated heterocycles. The number of Topliss-reactive ketones (excluding diaryl/α,β-unsaturated/α-hetero) is 1. The van der Waals surface area contributed by atoms with Crippen molar-refractivity contribution in [3.8, 4) is 0 Å². The number of thioether (sulfide) groups is 2. The summed E-state index contributed by atoms with van der Waals surface area (Å²) in [4.78, 5) is 42.3. The molecule has 1 aromatic carbocycles. The molecule has 32 heavy (non-hydrogen) atoms. The number of hydrogen-bond acceptors (Lipinski definition) is 7. The van der Waals surface area contributed by atoms with Crippen LogP contribution >= 0.6 is 23.5 Å². The Kier molecular flexibility index (Phi) is 6.49. The number of nitrogens with one attached hydrogen (secondary N) is 1. The van der Waals surface area contributed by atoms with Crippen molar-refractivity contribution < 1.29 is 19.1 Å². The molecule has 172 valence electrons. The molecule has 0 radical (unpaired) electrons. The predicted octanol–water partition coefficient (Wildman–Crippen LogP) is 3.74. The van der Waals surface area contributed by atoms with E-state index < -0.39 is 18.1 Å². The maximum atomic E-state index is 13.9. The number of amides is 1. The van der Waals surface area contributed by atoms with Gasteiger partial charge in [-0.3, -0.25) is 24.6 Å². The fourth-order valence-corrected chi connectivity index (χ4v) is 7.50. The molecular formula is C24H30N2O4S2. The van der Waals surface area contributed by atoms with Gasteiger partial charge in [0.15, 0.2) is 5.78 Å². The number of ether oxygens (including phenoxy) is 1. The van der Waals surface area contributed by atoms with E-state index in [0.29, 0.717) is 0 Å². The van der Waals surface area contributed by atoms with E-state index in [2.05, 4.69) is 5.32 Å². The van der Waals surface area contributed by atoms with Gasteiger partial charge in [-0.25, -0.2) is 0 Å². The minimum absolute atomic E-state index is 0.153. The summed E-state index contributed by atoms with van der Waals surface area (Å²) in [6.45, 7) is 10.2. The van der Waals surface area contributed by atoms with Gasteiger partial charge in [0.05, 0.1) is 22.9 Å². The molecule has 1 N–H and O–H groups in total. The molecule has 3 aliphatic rings. The van der Waals surface area contributed by atoms with Gasteiger partial charge >= 0.3 is 5.97 Å². The van der Waals surface area contributed by atoms with E-state index >= 15 is 0 Å². The van der Waals surface area contributed by atoms with Gasteiger partial charge in [-0.05, 0) is 31.4 Å². The number of anilines is 1. The molecule has 0 unspecified atom stereocenters. The first-order valence-electron chi connectivity index (χ1n) is 11.0. The molecule has 1 aromatic rings. The summed E-state index contributed by atoms with van der Waals surface area (Å²) in [7, 11) is 0. The van der Waals surface area contributed by atoms with Crippen molar-refractivity contribution in [3.05, 3.63) is 39.6 Å². The number of ketones is 1. The normalized spacial score (nSPS) is 28.3. The summed E-state index contributed by atoms with van der Waals surface area (Å²) in [5.41, 5.74) is 1.73. The van der Waals surface area contributed by atoms with Crippen molar-refractivity contribution in [2.75, 3.05) is 23.0 Å². The molecule has 3 aliphatic heterocycles. The quantitative estimate of drug-likeness (QED) is 0.406. The van der Waals surface area contributed by atoms with Crippen LogP contribution in [0.3, 0.4) is 0 Å². The second-order valence-electron chi connectivity index (χ2n) is 9.49. The summed E-state index contributed by atoms with van der Waals surface area (Å²) in [6.07, 6.45) is -0.600. The Morgan fingerprint density at radius 2 is 1.78 bits per heavy atom. The molecule has 0 saturated carbocycles. The standard InChI is InChI=1S/C24H30N2O4S2/c1-6-30-22(29)18-17(24(3,4)5)15-19(27)16(23-31-11-12-32-23)21(28)26(20(15)25-18)14-9-7-13(2)8-10-14/h7-10,15,17-18,20,25H,6,11-12H2,1-5H3/t15-,17+,18+,20+/m0/s1. The third kappa shape index (κ3) is 4.01. The number of carbonyl (C=O) groups is 3. The van der Waals surface area contributed by atoms with Crippen molar-refractivity contribution in [2.45, 2.75) is 46.8 Å². The lowest BCUT2D eigenvalue weighted by molar-refractivity contribution is -0.147. The lowest BCUT2D eigenvalue weighted by Gasteiger charge is -2.41. The summed E-state index contributed by atoms with van der Waals surface area (Å²) >= 11 is 3.15. The zero-order valence-corrected chi connectivity index (χ0v) is 20.8. The Morgan fingerprint density at radius 3 is 2.34 bits per heavy atom. The summed E-state index contributed by atoms with van der Waals surface area (Å²) < 4.78 is 6.17. The SMILES string of the molecule is CCOC(=O)[C@@H]1N[C@H]2[C@H](C(=O)C(=C3SCCS3)C(=O)N2c2ccc(C)cc2)[C@H]1C(C)(C)C. The zero-order chi connectivity index (χ0) is 23.2. The average Bonchev–Trinajstić information content (AvgIpc) is 3.38. The van der Waals surface area contributed by atoms with Gasteiger partial charge in [-0.15, -0.1) is 23.5 Å². The molecule has 4 atom stereocenters. The monoisotopic (exact) mass is 474 g/mol. The highest BCUT2D eigenvalue weighted by molar-refractivity contribution is 8.25. The van der Waals surface area contributed by atoms with Gasteiger partial charge < -0.3 is 4.74 Å². The number of aryl methyl sites for hydroxylation is 1. The summed E-state index contributed by atoms with van der Waals surface area (Å²) in [6, 6.07) is 7.06. The smallest absolute Gasteiger partial charge is 0.323 e. The topological polar surface area (TPSA) is 75.7 Å². The number of rotatable bonds is 3. The van der Waals surface area contributed by atoms with E-state index in [1.807, 2.05) is 52.0 Å². The molecule has 0 aromatic heterocycles. The van der Waals surface area contributed by atoms with Crippen molar-refractivity contribution >= 4 is 46.9 Å². The van der Waals surface area contributed by atoms with E-state index in [-0.39, 0.29) is 41.2 Å². The molecule has 0 aliphatic carbocycles. The number of benzene rings is 1. The number of hydrogen-bond donors (Lipinski definition) is 1. The summed E-state index contributed by atoms with van der Waals surface area (Å²) in [5, 5.41) is 3.34. The number of esters is 1. The Hall–Kier alpha value is -1.77. The number of fused-ring (bicyclic) bond motifs is 1. The van der Waals surface area contributed by atoms with Crippen LogP contribution < -0.4 is 10.2 Å². The fourth-order valence-electron chi connectivity index (χ4n) is 4.97. The highest BCUT2D eigenvalue weighted by Gasteiger charge is 2.60. The first-order valence-corrected chi connectivity index (χ1v) is 13.0. The van der Waals surface area contributed by atoms with Crippen LogP contribution in [0.5, 0.6) is 0 Å². The maximum Gasteiger partial charge on any atom is 0.323 e. The first kappa shape index (κ1) is 23.4. The Balaban J connectivity index is 1.87. The fraction of sp³-hybridized carbons (Fsp3) is 0.542. The minimum Gasteiger partial charge on any atom is -0.465 e. The van der Waals surface area contributed by atoms with Gasteiger partial charge in [-0.1, -0.05) is 38.5 Å². The van der Waals surface area contributed by atoms with E-state index in [9.17, 15) is 14.4 Å². The van der Waals surface area contributed by atoms with Crippen molar-refractivity contribution in [3.63, 3.8) is 0 Å². The van der Waals surface area contributed by atoms with E-state index in [0.717, 1.165) is 27.0 Å². The van der Waals surface area contributed by atoms with Gasteiger partial charge in [0.25, 0.3) is 5.91 Å². The van der Waals surface area contributed by atoms with E-state index in [4.69, 9.17) is 4.74 Å². The molecule has 0 spiro atoms. The Bertz CT molecular complexity index is 959. The second kappa shape index (κ2) is 8.88. The molecule has 0 bridgehead atoms. The number of nitrogens with zero attached hydrogens (tertiary/aromatic N) is 1. The summed E-state index contributed by atoms with van der Waals surface area (Å²) in [5.74, 6) is 0.107. The minimum atomic E-state index is -0.664. The third-order valence-corrected chi connectivity index (χ3v) is 9.02. The second-order valence-corrected chi connectivity index (χ2v) is 12.0. The zero-order valence-electron chi connectivity index (χ0n) is 19.1. The van der Waals surface area contributed by atoms with Crippen molar-refractivity contribution in [2.24, 2.45) is 17.3 Å². The molecule has 3 heterocycles. The molecule has 1 amide bonds. The average molecular weight is 475 g/mol. The van der Waals surface area contributed by atoms with Gasteiger partial charge in [0.2, 0.25) is 0 Å². The highest BCUT2D eigenvalue weighted by atomic mass is 32.2. The van der Waals surface area contributed by atoms with Crippen LogP contribution in [0, 0.1) is 24.2 Å². The Morgan fingerprint density at radius 1 is 1.16 bits per heavy atom. The van der Waals surface area contributed by atoms with Crippen LogP contribution in [0.25, 0.3) is 0 Å². The van der Waals surface area contributed by atoms with Crippen LogP contribution in [-0.2, 0) is 19.1 Å². The van der Waals surface area contributed by atoms with E-state index in [1.54, 1.807) is 35.3 Å². The molecule has 3 fully saturated rings. The molecule has 8 heteroatoms. The predicted molar refractivity (Wildman–Crippen MR) is 129 cm³/mol. The molecular weight excluding hydrogens is 444 g/mol. The van der Waals surface area contributed by atoms with Crippen LogP contribution in [0.2, 0.25) is 0 Å². The first-order chi connectivity index (χ1) is 15.1. The lowest BCUT2D eigenvalue weighted by Crippen LogP contribution is -2.58. The van der Waals surface area contributed by atoms with Crippen molar-refractivity contribution in [1.29, 1.82) is 0 Å².